The Morgan fingerprint density at radius 2 is 1.78 bits per heavy atom. The molecule has 0 aliphatic carbocycles. The number of rotatable bonds is 6. The topological polar surface area (TPSA) is 88.1 Å². The summed E-state index contributed by atoms with van der Waals surface area (Å²) < 4.78 is 19.2. The number of hydrogen-bond acceptors (Lipinski definition) is 6. The summed E-state index contributed by atoms with van der Waals surface area (Å²) in [6.07, 6.45) is 2.11. The van der Waals surface area contributed by atoms with E-state index in [2.05, 4.69) is 10.4 Å². The minimum atomic E-state index is -0.423. The highest BCUT2D eigenvalue weighted by Crippen LogP contribution is 2.33. The summed E-state index contributed by atoms with van der Waals surface area (Å²) >= 11 is 0.845. The summed E-state index contributed by atoms with van der Waals surface area (Å²) in [6, 6.07) is 22.1. The second-order valence-electron chi connectivity index (χ2n) is 8.13. The van der Waals surface area contributed by atoms with Gasteiger partial charge >= 0.3 is 0 Å². The predicted octanol–water partition coefficient (Wildman–Crippen LogP) is 4.91. The summed E-state index contributed by atoms with van der Waals surface area (Å²) in [5.74, 6) is -0.637. The van der Waals surface area contributed by atoms with Crippen LogP contribution in [0.25, 0.3) is 6.08 Å². The number of ether oxygens (including phenoxy) is 1. The van der Waals surface area contributed by atoms with Gasteiger partial charge in [0.25, 0.3) is 17.1 Å². The highest BCUT2D eigenvalue weighted by atomic mass is 32.2. The van der Waals surface area contributed by atoms with Crippen LogP contribution < -0.4 is 10.1 Å². The van der Waals surface area contributed by atoms with Crippen molar-refractivity contribution in [2.24, 2.45) is 5.10 Å². The number of carbonyl (C=O) groups is 3. The van der Waals surface area contributed by atoms with E-state index in [9.17, 15) is 18.8 Å². The molecule has 3 aromatic rings. The van der Waals surface area contributed by atoms with Crippen LogP contribution in [0.3, 0.4) is 0 Å². The lowest BCUT2D eigenvalue weighted by molar-refractivity contribution is -0.135. The molecule has 2 heterocycles. The van der Waals surface area contributed by atoms with Crippen molar-refractivity contribution >= 4 is 40.6 Å². The summed E-state index contributed by atoms with van der Waals surface area (Å²) in [5.41, 5.74) is 3.18. The van der Waals surface area contributed by atoms with Gasteiger partial charge in [-0.3, -0.25) is 19.7 Å². The molecule has 3 aromatic carbocycles. The molecule has 3 amide bonds. The Kier molecular flexibility index (Phi) is 6.64. The number of hydrogen-bond donors (Lipinski definition) is 1. The van der Waals surface area contributed by atoms with Crippen LogP contribution in [-0.4, -0.2) is 34.4 Å². The molecule has 0 radical (unpaired) electrons. The van der Waals surface area contributed by atoms with Crippen LogP contribution in [0.1, 0.15) is 29.2 Å². The van der Waals surface area contributed by atoms with Gasteiger partial charge in [-0.05, 0) is 58.8 Å². The molecule has 7 nitrogen and oxygen atoms in total. The van der Waals surface area contributed by atoms with E-state index >= 15 is 0 Å². The zero-order chi connectivity index (χ0) is 25.1. The number of imide groups is 1. The lowest BCUT2D eigenvalue weighted by Crippen LogP contribution is -2.31. The average molecular weight is 502 g/mol. The lowest BCUT2D eigenvalue weighted by atomic mass is 9.98. The third-order valence-electron chi connectivity index (χ3n) is 5.71. The number of hydrazone groups is 1. The van der Waals surface area contributed by atoms with Gasteiger partial charge in [-0.15, -0.1) is 0 Å². The summed E-state index contributed by atoms with van der Waals surface area (Å²) in [5, 5.41) is 7.80. The summed E-state index contributed by atoms with van der Waals surface area (Å²) in [7, 11) is 0. The molecule has 1 unspecified atom stereocenters. The monoisotopic (exact) mass is 501 g/mol. The first-order chi connectivity index (χ1) is 17.5. The van der Waals surface area contributed by atoms with E-state index in [1.165, 1.54) is 17.1 Å². The molecule has 1 saturated heterocycles. The molecule has 0 saturated carbocycles. The predicted molar refractivity (Wildman–Crippen MR) is 135 cm³/mol. The van der Waals surface area contributed by atoms with E-state index in [0.29, 0.717) is 22.6 Å². The Morgan fingerprint density at radius 1 is 1.06 bits per heavy atom. The molecule has 1 atom stereocenters. The zero-order valence-corrected chi connectivity index (χ0v) is 19.7. The second kappa shape index (κ2) is 10.2. The van der Waals surface area contributed by atoms with Gasteiger partial charge in [0, 0.05) is 6.42 Å². The largest absolute Gasteiger partial charge is 0.484 e. The van der Waals surface area contributed by atoms with Crippen LogP contribution in [0.5, 0.6) is 5.75 Å². The van der Waals surface area contributed by atoms with Gasteiger partial charge in [0.05, 0.1) is 16.7 Å². The van der Waals surface area contributed by atoms with E-state index in [0.717, 1.165) is 28.6 Å². The van der Waals surface area contributed by atoms with Crippen LogP contribution in [0.15, 0.2) is 88.9 Å². The van der Waals surface area contributed by atoms with Crippen LogP contribution in [0, 0.1) is 5.82 Å². The van der Waals surface area contributed by atoms with E-state index in [-0.39, 0.29) is 24.4 Å². The minimum Gasteiger partial charge on any atom is -0.484 e. The Balaban J connectivity index is 1.29. The van der Waals surface area contributed by atoms with Crippen LogP contribution in [0.2, 0.25) is 0 Å². The first kappa shape index (κ1) is 23.5. The van der Waals surface area contributed by atoms with Crippen molar-refractivity contribution in [2.75, 3.05) is 6.61 Å². The zero-order valence-electron chi connectivity index (χ0n) is 18.9. The molecule has 9 heteroatoms. The second-order valence-corrected chi connectivity index (χ2v) is 9.15. The molecule has 180 valence electrons. The maximum atomic E-state index is 13.5. The molecule has 0 bridgehead atoms. The summed E-state index contributed by atoms with van der Waals surface area (Å²) in [6.45, 7) is -0.240. The van der Waals surface area contributed by atoms with Gasteiger partial charge in [0.1, 0.15) is 11.6 Å². The summed E-state index contributed by atoms with van der Waals surface area (Å²) in [4.78, 5) is 36.5. The quantitative estimate of drug-likeness (QED) is 0.485. The standard InChI is InChI=1S/C27H20FN3O4S/c28-20-10-8-19(9-11-20)23-15-22(18-4-2-1-3-5-18)30-31(23)25(32)16-35-21-12-6-17(7-13-21)14-24-26(33)29-27(34)36-24/h1-14,23H,15-16H2,(H,29,33,34)/b24-14+. The maximum Gasteiger partial charge on any atom is 0.290 e. The molecule has 0 spiro atoms. The Bertz CT molecular complexity index is 1370. The number of nitrogens with one attached hydrogen (secondary N) is 1. The molecular formula is C27H20FN3O4S. The molecule has 5 rings (SSSR count). The van der Waals surface area contributed by atoms with Crippen molar-refractivity contribution in [1.29, 1.82) is 0 Å². The molecular weight excluding hydrogens is 481 g/mol. The molecule has 0 aromatic heterocycles. The van der Waals surface area contributed by atoms with Crippen molar-refractivity contribution in [3.05, 3.63) is 106 Å². The van der Waals surface area contributed by atoms with Crippen LogP contribution in [0.4, 0.5) is 9.18 Å². The van der Waals surface area contributed by atoms with Crippen LogP contribution in [-0.2, 0) is 9.59 Å². The number of amides is 3. The number of halogens is 1. The number of nitrogens with zero attached hydrogens (tertiary/aromatic N) is 2. The number of thioether (sulfide) groups is 1. The first-order valence-corrected chi connectivity index (χ1v) is 12.0. The van der Waals surface area contributed by atoms with Crippen LogP contribution >= 0.6 is 11.8 Å². The van der Waals surface area contributed by atoms with Crippen molar-refractivity contribution in [3.8, 4) is 5.75 Å². The fourth-order valence-corrected chi connectivity index (χ4v) is 4.62. The van der Waals surface area contributed by atoms with Gasteiger partial charge < -0.3 is 4.74 Å². The SMILES string of the molecule is O=C1NC(=O)/C(=C\c2ccc(OCC(=O)N3N=C(c4ccccc4)CC3c3ccc(F)cc3)cc2)S1. The first-order valence-electron chi connectivity index (χ1n) is 11.1. The number of carbonyl (C=O) groups excluding carboxylic acids is 3. The van der Waals surface area contributed by atoms with Crippen molar-refractivity contribution in [1.82, 2.24) is 10.3 Å². The fourth-order valence-electron chi connectivity index (χ4n) is 3.93. The lowest BCUT2D eigenvalue weighted by Gasteiger charge is -2.22. The molecule has 2 aliphatic rings. The van der Waals surface area contributed by atoms with E-state index in [4.69, 9.17) is 4.74 Å². The van der Waals surface area contributed by atoms with Gasteiger partial charge in [-0.1, -0.05) is 54.6 Å². The minimum absolute atomic E-state index is 0.240. The molecule has 2 aliphatic heterocycles. The van der Waals surface area contributed by atoms with Crippen molar-refractivity contribution in [2.45, 2.75) is 12.5 Å². The third kappa shape index (κ3) is 5.21. The van der Waals surface area contributed by atoms with Gasteiger partial charge in [0.2, 0.25) is 0 Å². The Hall–Kier alpha value is -4.24. The van der Waals surface area contributed by atoms with Gasteiger partial charge in [-0.2, -0.15) is 5.10 Å². The van der Waals surface area contributed by atoms with E-state index < -0.39 is 11.1 Å². The fraction of sp³-hybridized carbons (Fsp3) is 0.111. The van der Waals surface area contributed by atoms with E-state index in [1.54, 1.807) is 42.5 Å². The van der Waals surface area contributed by atoms with Gasteiger partial charge in [0.15, 0.2) is 6.61 Å². The third-order valence-corrected chi connectivity index (χ3v) is 6.52. The molecule has 1 N–H and O–H groups in total. The highest BCUT2D eigenvalue weighted by Gasteiger charge is 2.33. The maximum absolute atomic E-state index is 13.5. The number of benzene rings is 3. The molecule has 1 fully saturated rings. The highest BCUT2D eigenvalue weighted by molar-refractivity contribution is 8.18. The Labute approximate surface area is 210 Å². The van der Waals surface area contributed by atoms with Crippen molar-refractivity contribution < 1.29 is 23.5 Å². The Morgan fingerprint density at radius 3 is 2.44 bits per heavy atom. The van der Waals surface area contributed by atoms with Gasteiger partial charge in [-0.25, -0.2) is 9.40 Å². The normalized spacial score (nSPS) is 18.4. The smallest absolute Gasteiger partial charge is 0.290 e. The van der Waals surface area contributed by atoms with E-state index in [1.807, 2.05) is 30.3 Å². The average Bonchev–Trinajstić information content (AvgIpc) is 3.47. The van der Waals surface area contributed by atoms with Crippen molar-refractivity contribution in [3.63, 3.8) is 0 Å². The molecule has 36 heavy (non-hydrogen) atoms.